The molecule has 1 fully saturated rings. The number of halogens is 2. The average molecular weight is 381 g/mol. The molecule has 1 aliphatic heterocycles. The first-order valence-electron chi connectivity index (χ1n) is 6.25. The molecule has 0 spiro atoms. The number of carbonyl (C=O) groups is 1. The summed E-state index contributed by atoms with van der Waals surface area (Å²) in [5.41, 5.74) is 0.0909. The maximum Gasteiger partial charge on any atom is 0.307 e. The quantitative estimate of drug-likeness (QED) is 0.836. The van der Waals surface area contributed by atoms with E-state index in [4.69, 9.17) is 5.11 Å². The van der Waals surface area contributed by atoms with Crippen LogP contribution in [-0.4, -0.2) is 36.9 Å². The number of nitrogens with zero attached hydrogens (tertiary/aromatic N) is 1. The molecule has 0 aromatic heterocycles. The molecule has 0 aliphatic carbocycles. The number of piperidine rings is 1. The van der Waals surface area contributed by atoms with E-state index in [1.807, 2.05) is 0 Å². The van der Waals surface area contributed by atoms with Crippen LogP contribution in [0.2, 0.25) is 0 Å². The Hall–Kier alpha value is -1.19. The number of anilines is 1. The van der Waals surface area contributed by atoms with Gasteiger partial charge >= 0.3 is 16.2 Å². The summed E-state index contributed by atoms with van der Waals surface area (Å²) in [6, 6.07) is 3.87. The van der Waals surface area contributed by atoms with Crippen LogP contribution < -0.4 is 4.72 Å². The predicted molar refractivity (Wildman–Crippen MR) is 78.6 cm³/mol. The number of aliphatic carboxylic acids is 1. The van der Waals surface area contributed by atoms with E-state index < -0.39 is 27.9 Å². The molecule has 2 N–H and O–H groups in total. The molecule has 2 rings (SSSR count). The van der Waals surface area contributed by atoms with Crippen LogP contribution in [0.5, 0.6) is 0 Å². The first-order valence-corrected chi connectivity index (χ1v) is 8.48. The number of carboxylic acids is 1. The minimum absolute atomic E-state index is 0.0797. The monoisotopic (exact) mass is 380 g/mol. The molecule has 1 aromatic rings. The van der Waals surface area contributed by atoms with Gasteiger partial charge in [0.1, 0.15) is 5.82 Å². The molecule has 1 heterocycles. The summed E-state index contributed by atoms with van der Waals surface area (Å²) in [6.45, 7) is 0.168. The normalized spacial score (nSPS) is 20.2. The van der Waals surface area contributed by atoms with Gasteiger partial charge in [0, 0.05) is 13.1 Å². The van der Waals surface area contributed by atoms with Gasteiger partial charge in [-0.15, -0.1) is 0 Å². The van der Waals surface area contributed by atoms with E-state index in [9.17, 15) is 17.6 Å². The molecule has 0 bridgehead atoms. The SMILES string of the molecule is O=C(O)C1CCCN(S(=O)(=O)Nc2ccc(Br)c(F)c2)C1. The summed E-state index contributed by atoms with van der Waals surface area (Å²) >= 11 is 2.98. The lowest BCUT2D eigenvalue weighted by atomic mass is 10.0. The molecule has 9 heteroatoms. The van der Waals surface area contributed by atoms with Crippen LogP contribution in [0.1, 0.15) is 12.8 Å². The number of carboxylic acid groups (broad SMARTS) is 1. The van der Waals surface area contributed by atoms with Gasteiger partial charge < -0.3 is 5.11 Å². The van der Waals surface area contributed by atoms with E-state index in [1.54, 1.807) is 0 Å². The highest BCUT2D eigenvalue weighted by Gasteiger charge is 2.32. The molecule has 1 aromatic carbocycles. The lowest BCUT2D eigenvalue weighted by Gasteiger charge is -2.29. The molecular formula is C12H14BrFN2O4S. The number of rotatable bonds is 4. The molecule has 116 valence electrons. The fraction of sp³-hybridized carbons (Fsp3) is 0.417. The zero-order chi connectivity index (χ0) is 15.6. The van der Waals surface area contributed by atoms with Crippen LogP contribution in [-0.2, 0) is 15.0 Å². The first kappa shape index (κ1) is 16.2. The Bertz CT molecular complexity index is 653. The van der Waals surface area contributed by atoms with Crippen molar-refractivity contribution in [1.82, 2.24) is 4.31 Å². The minimum atomic E-state index is -3.89. The topological polar surface area (TPSA) is 86.7 Å². The molecule has 1 atom stereocenters. The Balaban J connectivity index is 2.14. The van der Waals surface area contributed by atoms with Crippen LogP contribution in [0.3, 0.4) is 0 Å². The summed E-state index contributed by atoms with van der Waals surface area (Å²) < 4.78 is 41.4. The Kier molecular flexibility index (Phi) is 4.84. The van der Waals surface area contributed by atoms with Crippen LogP contribution in [0.4, 0.5) is 10.1 Å². The molecule has 1 saturated heterocycles. The summed E-state index contributed by atoms with van der Waals surface area (Å²) in [7, 11) is -3.89. The van der Waals surface area contributed by atoms with Crippen molar-refractivity contribution in [1.29, 1.82) is 0 Å². The zero-order valence-electron chi connectivity index (χ0n) is 10.9. The lowest BCUT2D eigenvalue weighted by Crippen LogP contribution is -2.44. The maximum atomic E-state index is 13.4. The molecular weight excluding hydrogens is 367 g/mol. The van der Waals surface area contributed by atoms with Crippen molar-refractivity contribution in [2.24, 2.45) is 5.92 Å². The van der Waals surface area contributed by atoms with Gasteiger partial charge in [0.25, 0.3) is 0 Å². The molecule has 6 nitrogen and oxygen atoms in total. The number of hydrogen-bond donors (Lipinski definition) is 2. The fourth-order valence-corrected chi connectivity index (χ4v) is 3.68. The van der Waals surface area contributed by atoms with Crippen molar-refractivity contribution in [3.8, 4) is 0 Å². The molecule has 21 heavy (non-hydrogen) atoms. The smallest absolute Gasteiger partial charge is 0.307 e. The molecule has 0 radical (unpaired) electrons. The van der Waals surface area contributed by atoms with E-state index in [0.29, 0.717) is 12.8 Å². The van der Waals surface area contributed by atoms with E-state index in [-0.39, 0.29) is 23.2 Å². The second-order valence-corrected chi connectivity index (χ2v) is 7.30. The highest BCUT2D eigenvalue weighted by atomic mass is 79.9. The van der Waals surface area contributed by atoms with Gasteiger partial charge in [-0.05, 0) is 47.0 Å². The van der Waals surface area contributed by atoms with Crippen LogP contribution >= 0.6 is 15.9 Å². The van der Waals surface area contributed by atoms with Gasteiger partial charge in [0.05, 0.1) is 16.1 Å². The summed E-state index contributed by atoms with van der Waals surface area (Å²) in [6.07, 6.45) is 0.931. The highest BCUT2D eigenvalue weighted by molar-refractivity contribution is 9.10. The number of nitrogens with one attached hydrogen (secondary N) is 1. The van der Waals surface area contributed by atoms with Crippen LogP contribution in [0.15, 0.2) is 22.7 Å². The Morgan fingerprint density at radius 1 is 1.48 bits per heavy atom. The third-order valence-electron chi connectivity index (χ3n) is 3.24. The fourth-order valence-electron chi connectivity index (χ4n) is 2.14. The Morgan fingerprint density at radius 2 is 2.19 bits per heavy atom. The third kappa shape index (κ3) is 3.92. The van der Waals surface area contributed by atoms with Gasteiger partial charge in [-0.25, -0.2) is 4.39 Å². The van der Waals surface area contributed by atoms with Crippen molar-refractivity contribution >= 4 is 37.8 Å². The standard InChI is InChI=1S/C12H14BrFN2O4S/c13-10-4-3-9(6-11(10)14)15-21(19,20)16-5-1-2-8(7-16)12(17)18/h3-4,6,8,15H,1-2,5,7H2,(H,17,18). The van der Waals surface area contributed by atoms with Crippen molar-refractivity contribution in [2.45, 2.75) is 12.8 Å². The van der Waals surface area contributed by atoms with Gasteiger partial charge in [0.2, 0.25) is 0 Å². The summed E-state index contributed by atoms with van der Waals surface area (Å²) in [5, 5.41) is 8.98. The molecule has 0 amide bonds. The van der Waals surface area contributed by atoms with E-state index in [0.717, 1.165) is 10.4 Å². The lowest BCUT2D eigenvalue weighted by molar-refractivity contribution is -0.142. The van der Waals surface area contributed by atoms with Gasteiger partial charge in [-0.2, -0.15) is 12.7 Å². The Labute approximate surface area is 130 Å². The Morgan fingerprint density at radius 3 is 2.81 bits per heavy atom. The van der Waals surface area contributed by atoms with Crippen LogP contribution in [0.25, 0.3) is 0 Å². The zero-order valence-corrected chi connectivity index (χ0v) is 13.3. The second-order valence-electron chi connectivity index (χ2n) is 4.77. The van der Waals surface area contributed by atoms with Crippen molar-refractivity contribution in [3.63, 3.8) is 0 Å². The predicted octanol–water partition coefficient (Wildman–Crippen LogP) is 2.04. The maximum absolute atomic E-state index is 13.4. The number of hydrogen-bond acceptors (Lipinski definition) is 3. The number of benzene rings is 1. The third-order valence-corrected chi connectivity index (χ3v) is 5.39. The van der Waals surface area contributed by atoms with Crippen molar-refractivity contribution in [2.75, 3.05) is 17.8 Å². The van der Waals surface area contributed by atoms with Crippen molar-refractivity contribution in [3.05, 3.63) is 28.5 Å². The minimum Gasteiger partial charge on any atom is -0.481 e. The summed E-state index contributed by atoms with van der Waals surface area (Å²) in [5.74, 6) is -2.31. The summed E-state index contributed by atoms with van der Waals surface area (Å²) in [4.78, 5) is 11.0. The molecule has 1 unspecified atom stereocenters. The molecule has 0 saturated carbocycles. The molecule has 1 aliphatic rings. The van der Waals surface area contributed by atoms with E-state index in [2.05, 4.69) is 20.7 Å². The van der Waals surface area contributed by atoms with E-state index in [1.165, 1.54) is 12.1 Å². The first-order chi connectivity index (χ1) is 9.79. The average Bonchev–Trinajstić information content (AvgIpc) is 2.43. The van der Waals surface area contributed by atoms with Gasteiger partial charge in [-0.3, -0.25) is 9.52 Å². The van der Waals surface area contributed by atoms with Gasteiger partial charge in [0.15, 0.2) is 0 Å². The van der Waals surface area contributed by atoms with Crippen LogP contribution in [0, 0.1) is 11.7 Å². The van der Waals surface area contributed by atoms with E-state index >= 15 is 0 Å². The van der Waals surface area contributed by atoms with Crippen molar-refractivity contribution < 1.29 is 22.7 Å². The highest BCUT2D eigenvalue weighted by Crippen LogP contribution is 2.23. The van der Waals surface area contributed by atoms with Gasteiger partial charge in [-0.1, -0.05) is 0 Å². The second kappa shape index (κ2) is 6.29. The largest absolute Gasteiger partial charge is 0.481 e.